The van der Waals surface area contributed by atoms with Crippen molar-refractivity contribution in [2.75, 3.05) is 10.6 Å². The van der Waals surface area contributed by atoms with Crippen LogP contribution in [0.4, 0.5) is 17.3 Å². The number of aromatic nitrogens is 1. The minimum atomic E-state index is -0.630. The molecule has 0 radical (unpaired) electrons. The lowest BCUT2D eigenvalue weighted by Crippen LogP contribution is -2.45. The molecule has 0 saturated heterocycles. The van der Waals surface area contributed by atoms with Gasteiger partial charge in [-0.3, -0.25) is 9.69 Å². The Hall–Kier alpha value is -3.16. The topological polar surface area (TPSA) is 112 Å². The van der Waals surface area contributed by atoms with E-state index < -0.39 is 11.0 Å². The number of rotatable bonds is 4. The van der Waals surface area contributed by atoms with Crippen molar-refractivity contribution in [3.63, 3.8) is 0 Å². The number of fused-ring (bicyclic) bond motifs is 1. The van der Waals surface area contributed by atoms with Crippen LogP contribution < -0.4 is 15.4 Å². The van der Waals surface area contributed by atoms with Crippen LogP contribution in [-0.4, -0.2) is 21.9 Å². The van der Waals surface area contributed by atoms with Gasteiger partial charge in [0.15, 0.2) is 11.9 Å². The van der Waals surface area contributed by atoms with Gasteiger partial charge in [0.25, 0.3) is 11.7 Å². The van der Waals surface area contributed by atoms with Gasteiger partial charge < -0.3 is 20.6 Å². The summed E-state index contributed by atoms with van der Waals surface area (Å²) in [7, 11) is 0. The molecule has 2 aromatic rings. The first-order chi connectivity index (χ1) is 11.5. The van der Waals surface area contributed by atoms with Crippen LogP contribution in [0.5, 0.6) is 5.75 Å². The average Bonchev–Trinajstić information content (AvgIpc) is 2.58. The number of nitrogens with zero attached hydrogens (tertiary/aromatic N) is 3. The summed E-state index contributed by atoms with van der Waals surface area (Å²) in [4.78, 5) is 28.4. The largest absolute Gasteiger partial charge is 0.474 e. The zero-order valence-corrected chi connectivity index (χ0v) is 13.0. The van der Waals surface area contributed by atoms with Crippen molar-refractivity contribution in [2.24, 2.45) is 0 Å². The van der Waals surface area contributed by atoms with Crippen LogP contribution in [0, 0.1) is 10.1 Å². The number of carbonyl (C=O) groups excluding carboxylic acids is 1. The van der Waals surface area contributed by atoms with Crippen molar-refractivity contribution in [1.29, 1.82) is 0 Å². The number of benzene rings is 1. The van der Waals surface area contributed by atoms with Gasteiger partial charge in [-0.15, -0.1) is 0 Å². The smallest absolute Gasteiger partial charge is 0.366 e. The second-order valence-electron chi connectivity index (χ2n) is 5.43. The van der Waals surface area contributed by atoms with Gasteiger partial charge in [-0.1, -0.05) is 19.1 Å². The fourth-order valence-electron chi connectivity index (χ4n) is 2.51. The van der Waals surface area contributed by atoms with E-state index in [1.807, 2.05) is 6.92 Å². The van der Waals surface area contributed by atoms with Crippen LogP contribution >= 0.6 is 0 Å². The zero-order valence-electron chi connectivity index (χ0n) is 13.0. The lowest BCUT2D eigenvalue weighted by molar-refractivity contribution is -0.389. The molecule has 124 valence electrons. The minimum absolute atomic E-state index is 0.163. The van der Waals surface area contributed by atoms with Crippen molar-refractivity contribution < 1.29 is 14.5 Å². The van der Waals surface area contributed by atoms with Gasteiger partial charge >= 0.3 is 5.82 Å². The first-order valence-electron chi connectivity index (χ1n) is 7.47. The van der Waals surface area contributed by atoms with E-state index in [2.05, 4.69) is 4.98 Å². The third-order valence-electron chi connectivity index (χ3n) is 3.77. The highest BCUT2D eigenvalue weighted by molar-refractivity contribution is 5.99. The molecule has 1 atom stereocenters. The summed E-state index contributed by atoms with van der Waals surface area (Å²) in [5.74, 6) is -0.0737. The highest BCUT2D eigenvalue weighted by Gasteiger charge is 2.38. The molecule has 0 fully saturated rings. The number of nitrogens with two attached hydrogens (primary N) is 1. The summed E-state index contributed by atoms with van der Waals surface area (Å²) >= 11 is 0. The predicted octanol–water partition coefficient (Wildman–Crippen LogP) is 2.28. The van der Waals surface area contributed by atoms with Gasteiger partial charge in [0.05, 0.1) is 6.54 Å². The first kappa shape index (κ1) is 15.7. The molecule has 1 aromatic heterocycles. The third-order valence-corrected chi connectivity index (χ3v) is 3.77. The van der Waals surface area contributed by atoms with Crippen molar-refractivity contribution in [2.45, 2.75) is 26.0 Å². The number of pyridine rings is 1. The predicted molar refractivity (Wildman–Crippen MR) is 87.6 cm³/mol. The molecule has 1 amide bonds. The van der Waals surface area contributed by atoms with E-state index in [0.29, 0.717) is 17.9 Å². The van der Waals surface area contributed by atoms with Gasteiger partial charge in [-0.25, -0.2) is 0 Å². The van der Waals surface area contributed by atoms with Crippen molar-refractivity contribution >= 4 is 23.2 Å². The van der Waals surface area contributed by atoms with Crippen molar-refractivity contribution in [3.8, 4) is 5.75 Å². The molecule has 2 heterocycles. The summed E-state index contributed by atoms with van der Waals surface area (Å²) in [5, 5.41) is 11.0. The maximum Gasteiger partial charge on any atom is 0.366 e. The molecule has 1 aliphatic rings. The molecule has 0 spiro atoms. The van der Waals surface area contributed by atoms with Crippen LogP contribution in [0.3, 0.4) is 0 Å². The quantitative estimate of drug-likeness (QED) is 0.523. The number of ether oxygens (including phenoxy) is 1. The molecule has 8 nitrogen and oxygen atoms in total. The number of anilines is 2. The molecule has 1 aliphatic heterocycles. The maximum atomic E-state index is 12.6. The highest BCUT2D eigenvalue weighted by atomic mass is 16.6. The number of hydrogen-bond acceptors (Lipinski definition) is 6. The monoisotopic (exact) mass is 328 g/mol. The van der Waals surface area contributed by atoms with Gasteiger partial charge in [0, 0.05) is 11.8 Å². The van der Waals surface area contributed by atoms with Crippen LogP contribution in [0.1, 0.15) is 18.9 Å². The molecular weight excluding hydrogens is 312 g/mol. The summed E-state index contributed by atoms with van der Waals surface area (Å²) in [6, 6.07) is 9.82. The summed E-state index contributed by atoms with van der Waals surface area (Å²) in [6.45, 7) is 2.08. The van der Waals surface area contributed by atoms with Crippen LogP contribution in [-0.2, 0) is 11.3 Å². The molecule has 0 saturated carbocycles. The Morgan fingerprint density at radius 1 is 1.29 bits per heavy atom. The number of nitrogen functional groups attached to an aromatic ring is 1. The molecule has 1 aromatic carbocycles. The van der Waals surface area contributed by atoms with Crippen molar-refractivity contribution in [3.05, 3.63) is 52.1 Å². The van der Waals surface area contributed by atoms with Gasteiger partial charge in [-0.2, -0.15) is 0 Å². The lowest BCUT2D eigenvalue weighted by atomic mass is 10.1. The Morgan fingerprint density at radius 2 is 2.00 bits per heavy atom. The van der Waals surface area contributed by atoms with E-state index in [0.717, 1.165) is 5.56 Å². The van der Waals surface area contributed by atoms with Gasteiger partial charge in [-0.05, 0) is 40.1 Å². The molecule has 0 bridgehead atoms. The molecule has 24 heavy (non-hydrogen) atoms. The second-order valence-corrected chi connectivity index (χ2v) is 5.43. The van der Waals surface area contributed by atoms with E-state index in [9.17, 15) is 14.9 Å². The van der Waals surface area contributed by atoms with Gasteiger partial charge in [0.1, 0.15) is 0 Å². The molecular formula is C16H16N4O4. The Morgan fingerprint density at radius 3 is 2.62 bits per heavy atom. The summed E-state index contributed by atoms with van der Waals surface area (Å²) in [5.41, 5.74) is 7.13. The molecule has 2 N–H and O–H groups in total. The van der Waals surface area contributed by atoms with E-state index in [4.69, 9.17) is 10.5 Å². The molecule has 3 rings (SSSR count). The molecule has 8 heteroatoms. The third kappa shape index (κ3) is 2.85. The minimum Gasteiger partial charge on any atom is -0.474 e. The lowest BCUT2D eigenvalue weighted by Gasteiger charge is -2.30. The molecule has 1 unspecified atom stereocenters. The number of carbonyl (C=O) groups is 1. The maximum absolute atomic E-state index is 12.6. The Kier molecular flexibility index (Phi) is 4.03. The van der Waals surface area contributed by atoms with Gasteiger partial charge in [0.2, 0.25) is 0 Å². The Bertz CT molecular complexity index is 791. The first-order valence-corrected chi connectivity index (χ1v) is 7.47. The second kappa shape index (κ2) is 6.15. The standard InChI is InChI=1S/C16H16N4O4/c1-2-12-16(21)19(9-10-3-5-11(17)6-4-10)15-13(24-12)7-8-14(18-15)20(22)23/h3-8,12H,2,9,17H2,1H3. The molecule has 0 aliphatic carbocycles. The fourth-order valence-corrected chi connectivity index (χ4v) is 2.51. The summed E-state index contributed by atoms with van der Waals surface area (Å²) in [6.07, 6.45) is -0.137. The number of hydrogen-bond donors (Lipinski definition) is 1. The number of nitro groups is 1. The highest BCUT2D eigenvalue weighted by Crippen LogP contribution is 2.35. The Balaban J connectivity index is 2.02. The van der Waals surface area contributed by atoms with Crippen LogP contribution in [0.15, 0.2) is 36.4 Å². The van der Waals surface area contributed by atoms with Crippen LogP contribution in [0.25, 0.3) is 0 Å². The SMILES string of the molecule is CCC1Oc2ccc([N+](=O)[O-])nc2N(Cc2ccc(N)cc2)C1=O. The van der Waals surface area contributed by atoms with E-state index in [1.165, 1.54) is 17.0 Å². The fraction of sp³-hybridized carbons (Fsp3) is 0.250. The van der Waals surface area contributed by atoms with Crippen LogP contribution in [0.2, 0.25) is 0 Å². The number of amides is 1. The zero-order chi connectivity index (χ0) is 17.3. The van der Waals surface area contributed by atoms with Crippen molar-refractivity contribution in [1.82, 2.24) is 4.98 Å². The normalized spacial score (nSPS) is 16.5. The summed E-state index contributed by atoms with van der Waals surface area (Å²) < 4.78 is 5.62. The van der Waals surface area contributed by atoms with E-state index >= 15 is 0 Å². The Labute approximate surface area is 138 Å². The van der Waals surface area contributed by atoms with E-state index in [1.54, 1.807) is 24.3 Å². The van der Waals surface area contributed by atoms with E-state index in [-0.39, 0.29) is 24.1 Å². The average molecular weight is 328 g/mol.